The van der Waals surface area contributed by atoms with Crippen LogP contribution in [-0.4, -0.2) is 30.6 Å². The van der Waals surface area contributed by atoms with Gasteiger partial charge < -0.3 is 14.8 Å². The van der Waals surface area contributed by atoms with Crippen molar-refractivity contribution in [2.24, 2.45) is 0 Å². The highest BCUT2D eigenvalue weighted by molar-refractivity contribution is 5.92. The first-order valence-corrected chi connectivity index (χ1v) is 5.72. The van der Waals surface area contributed by atoms with Gasteiger partial charge in [0.05, 0.1) is 13.2 Å². The number of rotatable bonds is 5. The van der Waals surface area contributed by atoms with Crippen LogP contribution in [0.15, 0.2) is 30.3 Å². The zero-order valence-electron chi connectivity index (χ0n) is 10.1. The Morgan fingerprint density at radius 3 is 2.67 bits per heavy atom. The zero-order valence-corrected chi connectivity index (χ0v) is 10.1. The Hall–Kier alpha value is -1.88. The summed E-state index contributed by atoms with van der Waals surface area (Å²) in [4.78, 5) is 22.9. The van der Waals surface area contributed by atoms with E-state index in [-0.39, 0.29) is 18.9 Å². The Balaban J connectivity index is 1.68. The van der Waals surface area contributed by atoms with E-state index in [1.165, 1.54) is 0 Å². The second-order valence-corrected chi connectivity index (χ2v) is 4.36. The molecule has 2 rings (SSSR count). The Kier molecular flexibility index (Phi) is 3.62. The number of hydrogen-bond donors (Lipinski definition) is 1. The minimum Gasteiger partial charge on any atom is -0.445 e. The summed E-state index contributed by atoms with van der Waals surface area (Å²) < 4.78 is 9.95. The Bertz CT molecular complexity index is 440. The van der Waals surface area contributed by atoms with Crippen molar-refractivity contribution in [2.45, 2.75) is 19.1 Å². The SMILES string of the molecule is C[C@]1(C(=O)CNC(=O)OCc2ccccc2)CO1. The van der Waals surface area contributed by atoms with Gasteiger partial charge in [-0.3, -0.25) is 4.79 Å². The number of amides is 1. The van der Waals surface area contributed by atoms with Crippen LogP contribution >= 0.6 is 0 Å². The maximum Gasteiger partial charge on any atom is 0.407 e. The minimum atomic E-state index is -0.702. The average Bonchev–Trinajstić information content (AvgIpc) is 3.14. The van der Waals surface area contributed by atoms with Crippen LogP contribution in [0.2, 0.25) is 0 Å². The van der Waals surface area contributed by atoms with Crippen LogP contribution in [0.4, 0.5) is 4.79 Å². The molecular weight excluding hydrogens is 234 g/mol. The van der Waals surface area contributed by atoms with Crippen LogP contribution in [0.5, 0.6) is 0 Å². The lowest BCUT2D eigenvalue weighted by molar-refractivity contribution is -0.122. The molecule has 18 heavy (non-hydrogen) atoms. The van der Waals surface area contributed by atoms with Crippen molar-refractivity contribution < 1.29 is 19.1 Å². The summed E-state index contributed by atoms with van der Waals surface area (Å²) in [6, 6.07) is 9.34. The molecule has 0 unspecified atom stereocenters. The van der Waals surface area contributed by atoms with Crippen molar-refractivity contribution in [2.75, 3.05) is 13.2 Å². The highest BCUT2D eigenvalue weighted by Crippen LogP contribution is 2.26. The van der Waals surface area contributed by atoms with Crippen molar-refractivity contribution in [3.63, 3.8) is 0 Å². The predicted molar refractivity (Wildman–Crippen MR) is 64.0 cm³/mol. The molecule has 0 saturated carbocycles. The molecule has 1 aromatic carbocycles. The summed E-state index contributed by atoms with van der Waals surface area (Å²) in [6.07, 6.45) is -0.601. The standard InChI is InChI=1S/C13H15NO4/c1-13(9-18-13)11(15)7-14-12(16)17-8-10-5-3-2-4-6-10/h2-6H,7-9H2,1H3,(H,14,16)/t13-/m1/s1. The summed E-state index contributed by atoms with van der Waals surface area (Å²) in [7, 11) is 0. The highest BCUT2D eigenvalue weighted by Gasteiger charge is 2.46. The minimum absolute atomic E-state index is 0.0654. The van der Waals surface area contributed by atoms with E-state index in [2.05, 4.69) is 5.32 Å². The molecule has 0 radical (unpaired) electrons. The van der Waals surface area contributed by atoms with Crippen molar-refractivity contribution in [3.05, 3.63) is 35.9 Å². The summed E-state index contributed by atoms with van der Waals surface area (Å²) in [5.41, 5.74) is 0.198. The average molecular weight is 249 g/mol. The summed E-state index contributed by atoms with van der Waals surface area (Å²) in [5.74, 6) is -0.140. The molecule has 5 nitrogen and oxygen atoms in total. The van der Waals surface area contributed by atoms with E-state index in [1.54, 1.807) is 6.92 Å². The Labute approximate surface area is 105 Å². The normalized spacial score (nSPS) is 21.2. The van der Waals surface area contributed by atoms with Gasteiger partial charge in [0, 0.05) is 0 Å². The van der Waals surface area contributed by atoms with Crippen molar-refractivity contribution in [1.29, 1.82) is 0 Å². The van der Waals surface area contributed by atoms with Crippen LogP contribution in [0, 0.1) is 0 Å². The van der Waals surface area contributed by atoms with E-state index in [9.17, 15) is 9.59 Å². The Morgan fingerprint density at radius 1 is 1.39 bits per heavy atom. The van der Waals surface area contributed by atoms with Gasteiger partial charge in [-0.25, -0.2) is 4.79 Å². The van der Waals surface area contributed by atoms with Gasteiger partial charge in [0.1, 0.15) is 12.2 Å². The van der Waals surface area contributed by atoms with Gasteiger partial charge in [0.2, 0.25) is 0 Å². The van der Waals surface area contributed by atoms with Crippen molar-refractivity contribution in [3.8, 4) is 0 Å². The molecule has 5 heteroatoms. The van der Waals surface area contributed by atoms with E-state index in [4.69, 9.17) is 9.47 Å². The fraction of sp³-hybridized carbons (Fsp3) is 0.385. The largest absolute Gasteiger partial charge is 0.445 e. The molecule has 0 aliphatic carbocycles. The fourth-order valence-electron chi connectivity index (χ4n) is 1.38. The van der Waals surface area contributed by atoms with Gasteiger partial charge in [0.15, 0.2) is 5.78 Å². The van der Waals surface area contributed by atoms with E-state index < -0.39 is 11.7 Å². The summed E-state index contributed by atoms with van der Waals surface area (Å²) in [6.45, 7) is 2.25. The van der Waals surface area contributed by atoms with Gasteiger partial charge in [-0.15, -0.1) is 0 Å². The van der Waals surface area contributed by atoms with E-state index in [0.717, 1.165) is 5.56 Å². The molecule has 1 saturated heterocycles. The van der Waals surface area contributed by atoms with Gasteiger partial charge >= 0.3 is 6.09 Å². The third-order valence-corrected chi connectivity index (χ3v) is 2.77. The van der Waals surface area contributed by atoms with E-state index >= 15 is 0 Å². The predicted octanol–water partition coefficient (Wildman–Crippen LogP) is 1.27. The maximum atomic E-state index is 11.5. The molecule has 1 aromatic rings. The number of alkyl carbamates (subject to hydrolysis) is 1. The second kappa shape index (κ2) is 5.18. The third-order valence-electron chi connectivity index (χ3n) is 2.77. The zero-order chi connectivity index (χ0) is 13.0. The molecule has 1 aliphatic heterocycles. The van der Waals surface area contributed by atoms with Crippen LogP contribution in [0.3, 0.4) is 0 Å². The molecule has 1 atom stereocenters. The van der Waals surface area contributed by atoms with E-state index in [0.29, 0.717) is 6.61 Å². The first-order chi connectivity index (χ1) is 8.60. The van der Waals surface area contributed by atoms with Crippen LogP contribution < -0.4 is 5.32 Å². The highest BCUT2D eigenvalue weighted by atomic mass is 16.6. The first kappa shape index (κ1) is 12.6. The topological polar surface area (TPSA) is 67.9 Å². The number of benzene rings is 1. The fourth-order valence-corrected chi connectivity index (χ4v) is 1.38. The number of hydrogen-bond acceptors (Lipinski definition) is 4. The maximum absolute atomic E-state index is 11.5. The van der Waals surface area contributed by atoms with Crippen LogP contribution in [0.1, 0.15) is 12.5 Å². The smallest absolute Gasteiger partial charge is 0.407 e. The molecule has 1 amide bonds. The van der Waals surface area contributed by atoms with Gasteiger partial charge in [0.25, 0.3) is 0 Å². The Morgan fingerprint density at radius 2 is 2.06 bits per heavy atom. The van der Waals surface area contributed by atoms with Gasteiger partial charge in [-0.1, -0.05) is 30.3 Å². The molecule has 1 N–H and O–H groups in total. The molecular formula is C13H15NO4. The van der Waals surface area contributed by atoms with Gasteiger partial charge in [-0.2, -0.15) is 0 Å². The summed E-state index contributed by atoms with van der Waals surface area (Å²) in [5, 5.41) is 2.41. The molecule has 96 valence electrons. The molecule has 1 aliphatic rings. The lowest BCUT2D eigenvalue weighted by atomic mass is 10.1. The monoisotopic (exact) mass is 249 g/mol. The number of epoxide rings is 1. The number of Topliss-reactive ketones (excluding diaryl/α,β-unsaturated/α-hetero) is 1. The first-order valence-electron chi connectivity index (χ1n) is 5.72. The lowest BCUT2D eigenvalue weighted by Crippen LogP contribution is -2.36. The lowest BCUT2D eigenvalue weighted by Gasteiger charge is -2.07. The van der Waals surface area contributed by atoms with Crippen molar-refractivity contribution in [1.82, 2.24) is 5.32 Å². The van der Waals surface area contributed by atoms with Crippen molar-refractivity contribution >= 4 is 11.9 Å². The molecule has 0 aromatic heterocycles. The quantitative estimate of drug-likeness (QED) is 0.798. The number of nitrogens with one attached hydrogen (secondary N) is 1. The second-order valence-electron chi connectivity index (χ2n) is 4.36. The van der Waals surface area contributed by atoms with E-state index in [1.807, 2.05) is 30.3 Å². The molecule has 1 fully saturated rings. The summed E-state index contributed by atoms with van der Waals surface area (Å²) >= 11 is 0. The molecule has 1 heterocycles. The number of carbonyl (C=O) groups is 2. The van der Waals surface area contributed by atoms with Gasteiger partial charge in [-0.05, 0) is 12.5 Å². The third kappa shape index (κ3) is 3.30. The number of carbonyl (C=O) groups excluding carboxylic acids is 2. The van der Waals surface area contributed by atoms with Crippen LogP contribution in [-0.2, 0) is 20.9 Å². The number of ether oxygens (including phenoxy) is 2. The molecule has 0 spiro atoms. The molecule has 0 bridgehead atoms. The number of ketones is 1. The van der Waals surface area contributed by atoms with Crippen LogP contribution in [0.25, 0.3) is 0 Å².